The molecule has 1 heterocycles. The number of hydrogen-bond donors (Lipinski definition) is 1. The predicted molar refractivity (Wildman–Crippen MR) is 67.2 cm³/mol. The van der Waals surface area contributed by atoms with Gasteiger partial charge in [-0.05, 0) is 31.1 Å². The van der Waals surface area contributed by atoms with Gasteiger partial charge < -0.3 is 10.5 Å². The molecule has 94 valence electrons. The smallest absolute Gasteiger partial charge is 0.141 e. The second kappa shape index (κ2) is 5.45. The van der Waals surface area contributed by atoms with E-state index in [0.29, 0.717) is 18.5 Å². The maximum Gasteiger partial charge on any atom is 0.141 e. The third kappa shape index (κ3) is 3.40. The molecule has 2 N–H and O–H groups in total. The lowest BCUT2D eigenvalue weighted by Crippen LogP contribution is -2.26. The van der Waals surface area contributed by atoms with Crippen LogP contribution >= 0.6 is 0 Å². The van der Waals surface area contributed by atoms with Crippen LogP contribution in [0, 0.1) is 11.8 Å². The first-order valence-corrected chi connectivity index (χ1v) is 6.33. The van der Waals surface area contributed by atoms with Crippen LogP contribution in [0.3, 0.4) is 0 Å². The monoisotopic (exact) mass is 235 g/mol. The first kappa shape index (κ1) is 12.3. The Hall–Kier alpha value is -1.16. The Morgan fingerprint density at radius 2 is 2.06 bits per heavy atom. The van der Waals surface area contributed by atoms with E-state index >= 15 is 0 Å². The lowest BCUT2D eigenvalue weighted by atomic mass is 9.80. The molecule has 1 aliphatic carbocycles. The average Bonchev–Trinajstić information content (AvgIpc) is 2.33. The quantitative estimate of drug-likeness (QED) is 0.874. The molecule has 0 aliphatic heterocycles. The molecule has 3 atom stereocenters. The molecule has 1 aromatic rings. The molecule has 2 rings (SSSR count). The Kier molecular flexibility index (Phi) is 3.94. The van der Waals surface area contributed by atoms with Gasteiger partial charge >= 0.3 is 0 Å². The first-order chi connectivity index (χ1) is 8.15. The van der Waals surface area contributed by atoms with E-state index in [9.17, 15) is 0 Å². The maximum absolute atomic E-state index is 5.88. The summed E-state index contributed by atoms with van der Waals surface area (Å²) in [6.07, 6.45) is 7.21. The average molecular weight is 235 g/mol. The zero-order valence-corrected chi connectivity index (χ0v) is 10.6. The van der Waals surface area contributed by atoms with Crippen molar-refractivity contribution in [2.45, 2.75) is 45.8 Å². The molecular formula is C13H21N3O. The maximum atomic E-state index is 5.88. The Morgan fingerprint density at radius 1 is 1.24 bits per heavy atom. The molecule has 3 unspecified atom stereocenters. The lowest BCUT2D eigenvalue weighted by molar-refractivity contribution is -0.00885. The largest absolute Gasteiger partial charge is 0.382 e. The van der Waals surface area contributed by atoms with Crippen LogP contribution in [0.4, 0.5) is 5.82 Å². The predicted octanol–water partition coefficient (Wildman–Crippen LogP) is 2.40. The Balaban J connectivity index is 1.80. The van der Waals surface area contributed by atoms with Crippen LogP contribution in [0.2, 0.25) is 0 Å². The minimum absolute atomic E-state index is 0.376. The zero-order valence-electron chi connectivity index (χ0n) is 10.6. The molecule has 0 radical (unpaired) electrons. The van der Waals surface area contributed by atoms with Crippen LogP contribution in [0.15, 0.2) is 12.4 Å². The Labute approximate surface area is 103 Å². The van der Waals surface area contributed by atoms with E-state index in [1.807, 2.05) is 0 Å². The number of nitrogens with zero attached hydrogens (tertiary/aromatic N) is 2. The highest BCUT2D eigenvalue weighted by molar-refractivity contribution is 5.22. The molecule has 0 bridgehead atoms. The van der Waals surface area contributed by atoms with Crippen LogP contribution in [-0.4, -0.2) is 16.1 Å². The van der Waals surface area contributed by atoms with Crippen LogP contribution in [0.25, 0.3) is 0 Å². The fourth-order valence-corrected chi connectivity index (χ4v) is 2.29. The van der Waals surface area contributed by atoms with E-state index in [1.54, 1.807) is 12.4 Å². The number of ether oxygens (including phenoxy) is 1. The summed E-state index contributed by atoms with van der Waals surface area (Å²) in [5.74, 6) is 2.03. The van der Waals surface area contributed by atoms with E-state index < -0.39 is 0 Å². The molecule has 17 heavy (non-hydrogen) atoms. The molecule has 0 amide bonds. The van der Waals surface area contributed by atoms with E-state index in [1.165, 1.54) is 6.42 Å². The second-order valence-electron chi connectivity index (χ2n) is 5.13. The molecule has 1 aliphatic rings. The Bertz CT molecular complexity index is 352. The van der Waals surface area contributed by atoms with Gasteiger partial charge in [0.15, 0.2) is 0 Å². The summed E-state index contributed by atoms with van der Waals surface area (Å²) >= 11 is 0. The third-order valence-electron chi connectivity index (χ3n) is 3.74. The molecule has 0 saturated heterocycles. The minimum Gasteiger partial charge on any atom is -0.382 e. The molecule has 1 fully saturated rings. The van der Waals surface area contributed by atoms with Crippen molar-refractivity contribution in [2.75, 3.05) is 5.73 Å². The fraction of sp³-hybridized carbons (Fsp3) is 0.692. The molecule has 0 spiro atoms. The SMILES string of the molecule is CC1CCC(OCc2cnc(N)cn2)CC1C. The summed E-state index contributed by atoms with van der Waals surface area (Å²) in [6.45, 7) is 5.18. The van der Waals surface area contributed by atoms with Crippen LogP contribution in [0.1, 0.15) is 38.8 Å². The summed E-state index contributed by atoms with van der Waals surface area (Å²) < 4.78 is 5.88. The van der Waals surface area contributed by atoms with E-state index in [0.717, 1.165) is 30.4 Å². The van der Waals surface area contributed by atoms with E-state index in [4.69, 9.17) is 10.5 Å². The van der Waals surface area contributed by atoms with Crippen molar-refractivity contribution in [3.05, 3.63) is 18.1 Å². The van der Waals surface area contributed by atoms with Crippen LogP contribution in [-0.2, 0) is 11.3 Å². The standard InChI is InChI=1S/C13H21N3O/c1-9-3-4-12(5-10(9)2)17-8-11-6-16-13(14)7-15-11/h6-7,9-10,12H,3-5,8H2,1-2H3,(H2,14,16). The summed E-state index contributed by atoms with van der Waals surface area (Å²) in [7, 11) is 0. The minimum atomic E-state index is 0.376. The number of hydrogen-bond acceptors (Lipinski definition) is 4. The van der Waals surface area contributed by atoms with Crippen LogP contribution < -0.4 is 5.73 Å². The van der Waals surface area contributed by atoms with Gasteiger partial charge in [0.25, 0.3) is 0 Å². The number of anilines is 1. The van der Waals surface area contributed by atoms with Crippen molar-refractivity contribution in [1.82, 2.24) is 9.97 Å². The van der Waals surface area contributed by atoms with Gasteiger partial charge in [-0.3, -0.25) is 4.98 Å². The highest BCUT2D eigenvalue weighted by atomic mass is 16.5. The van der Waals surface area contributed by atoms with Crippen molar-refractivity contribution in [3.63, 3.8) is 0 Å². The summed E-state index contributed by atoms with van der Waals surface area (Å²) in [5.41, 5.74) is 6.34. The molecule has 4 nitrogen and oxygen atoms in total. The molecular weight excluding hydrogens is 214 g/mol. The van der Waals surface area contributed by atoms with Crippen molar-refractivity contribution >= 4 is 5.82 Å². The van der Waals surface area contributed by atoms with Crippen molar-refractivity contribution in [1.29, 1.82) is 0 Å². The fourth-order valence-electron chi connectivity index (χ4n) is 2.29. The van der Waals surface area contributed by atoms with Crippen molar-refractivity contribution in [2.24, 2.45) is 11.8 Å². The number of nitrogen functional groups attached to an aromatic ring is 1. The van der Waals surface area contributed by atoms with Crippen molar-refractivity contribution in [3.8, 4) is 0 Å². The molecule has 1 aromatic heterocycles. The highest BCUT2D eigenvalue weighted by Gasteiger charge is 2.24. The van der Waals surface area contributed by atoms with Gasteiger partial charge in [0.1, 0.15) is 5.82 Å². The summed E-state index contributed by atoms with van der Waals surface area (Å²) in [5, 5.41) is 0. The van der Waals surface area contributed by atoms with E-state index in [-0.39, 0.29) is 0 Å². The number of rotatable bonds is 3. The third-order valence-corrected chi connectivity index (χ3v) is 3.74. The zero-order chi connectivity index (χ0) is 12.3. The summed E-state index contributed by atoms with van der Waals surface area (Å²) in [4.78, 5) is 8.19. The number of nitrogens with two attached hydrogens (primary N) is 1. The second-order valence-corrected chi connectivity index (χ2v) is 5.13. The van der Waals surface area contributed by atoms with Gasteiger partial charge in [-0.25, -0.2) is 4.98 Å². The first-order valence-electron chi connectivity index (χ1n) is 6.33. The van der Waals surface area contributed by atoms with Crippen molar-refractivity contribution < 1.29 is 4.74 Å². The highest BCUT2D eigenvalue weighted by Crippen LogP contribution is 2.31. The number of aromatic nitrogens is 2. The molecule has 1 saturated carbocycles. The summed E-state index contributed by atoms with van der Waals surface area (Å²) in [6, 6.07) is 0. The van der Waals surface area contributed by atoms with Gasteiger partial charge in [0, 0.05) is 0 Å². The van der Waals surface area contributed by atoms with Crippen LogP contribution in [0.5, 0.6) is 0 Å². The van der Waals surface area contributed by atoms with Gasteiger partial charge in [-0.2, -0.15) is 0 Å². The lowest BCUT2D eigenvalue weighted by Gasteiger charge is -2.31. The van der Waals surface area contributed by atoms with E-state index in [2.05, 4.69) is 23.8 Å². The van der Waals surface area contributed by atoms with Gasteiger partial charge in [0.2, 0.25) is 0 Å². The van der Waals surface area contributed by atoms with Gasteiger partial charge in [-0.15, -0.1) is 0 Å². The normalized spacial score (nSPS) is 29.2. The molecule has 0 aromatic carbocycles. The van der Waals surface area contributed by atoms with Gasteiger partial charge in [0.05, 0.1) is 30.8 Å². The Morgan fingerprint density at radius 3 is 2.71 bits per heavy atom. The topological polar surface area (TPSA) is 61.0 Å². The molecule has 4 heteroatoms. The van der Waals surface area contributed by atoms with Gasteiger partial charge in [-0.1, -0.05) is 13.8 Å².